The number of hydrogen-bond donors (Lipinski definition) is 3. The van der Waals surface area contributed by atoms with E-state index < -0.39 is 18.1 Å². The first-order chi connectivity index (χ1) is 8.04. The van der Waals surface area contributed by atoms with Gasteiger partial charge in [0.1, 0.15) is 0 Å². The largest absolute Gasteiger partial charge is 0.464 e. The minimum Gasteiger partial charge on any atom is -0.464 e. The van der Waals surface area contributed by atoms with E-state index in [0.717, 1.165) is 0 Å². The van der Waals surface area contributed by atoms with Crippen molar-refractivity contribution in [2.75, 3.05) is 11.9 Å². The van der Waals surface area contributed by atoms with Crippen molar-refractivity contribution in [3.05, 3.63) is 29.8 Å². The Bertz CT molecular complexity index is 402. The summed E-state index contributed by atoms with van der Waals surface area (Å²) < 4.78 is 4.67. The molecule has 0 fully saturated rings. The molecule has 1 aromatic rings. The highest BCUT2D eigenvalue weighted by Crippen LogP contribution is 2.17. The fraction of sp³-hybridized carbons (Fsp3) is 0.273. The fourth-order valence-electron chi connectivity index (χ4n) is 1.25. The van der Waals surface area contributed by atoms with Gasteiger partial charge in [0.2, 0.25) is 0 Å². The van der Waals surface area contributed by atoms with E-state index in [1.165, 1.54) is 24.3 Å². The summed E-state index contributed by atoms with van der Waals surface area (Å²) in [7, 11) is 0. The number of hydrogen-bond acceptors (Lipinski definition) is 4. The molecule has 1 rings (SSSR count). The minimum atomic E-state index is -1.32. The SMILES string of the molecule is CCOC(=O)C(O)c1ccc(NC(N)=O)cc1. The zero-order chi connectivity index (χ0) is 12.8. The van der Waals surface area contributed by atoms with Crippen LogP contribution in [0.25, 0.3) is 0 Å². The Labute approximate surface area is 98.4 Å². The second kappa shape index (κ2) is 5.86. The van der Waals surface area contributed by atoms with Crippen LogP contribution in [-0.4, -0.2) is 23.7 Å². The number of aliphatic hydroxyl groups is 1. The monoisotopic (exact) mass is 238 g/mol. The first-order valence-electron chi connectivity index (χ1n) is 5.05. The minimum absolute atomic E-state index is 0.206. The van der Waals surface area contributed by atoms with Gasteiger partial charge in [-0.2, -0.15) is 0 Å². The van der Waals surface area contributed by atoms with Crippen LogP contribution in [0.15, 0.2) is 24.3 Å². The standard InChI is InChI=1S/C11H14N2O4/c1-2-17-10(15)9(14)7-3-5-8(6-4-7)13-11(12)16/h3-6,9,14H,2H2,1H3,(H3,12,13,16). The van der Waals surface area contributed by atoms with Crippen molar-refractivity contribution in [3.8, 4) is 0 Å². The van der Waals surface area contributed by atoms with E-state index in [9.17, 15) is 14.7 Å². The molecule has 92 valence electrons. The van der Waals surface area contributed by atoms with Gasteiger partial charge in [0.25, 0.3) is 0 Å². The maximum atomic E-state index is 11.2. The number of benzene rings is 1. The van der Waals surface area contributed by atoms with Gasteiger partial charge >= 0.3 is 12.0 Å². The predicted molar refractivity (Wildman–Crippen MR) is 61.2 cm³/mol. The van der Waals surface area contributed by atoms with Crippen molar-refractivity contribution in [2.24, 2.45) is 5.73 Å². The van der Waals surface area contributed by atoms with Crippen LogP contribution in [0.1, 0.15) is 18.6 Å². The van der Waals surface area contributed by atoms with Crippen LogP contribution in [0.3, 0.4) is 0 Å². The molecule has 0 aliphatic carbocycles. The van der Waals surface area contributed by atoms with E-state index >= 15 is 0 Å². The summed E-state index contributed by atoms with van der Waals surface area (Å²) in [5.74, 6) is -0.705. The summed E-state index contributed by atoms with van der Waals surface area (Å²) in [6.45, 7) is 1.86. The second-order valence-electron chi connectivity index (χ2n) is 3.27. The van der Waals surface area contributed by atoms with Crippen molar-refractivity contribution in [1.29, 1.82) is 0 Å². The third-order valence-corrected chi connectivity index (χ3v) is 2.00. The average Bonchev–Trinajstić information content (AvgIpc) is 2.28. The van der Waals surface area contributed by atoms with E-state index in [1.54, 1.807) is 6.92 Å². The van der Waals surface area contributed by atoms with Gasteiger partial charge in [-0.1, -0.05) is 12.1 Å². The summed E-state index contributed by atoms with van der Waals surface area (Å²) in [4.78, 5) is 21.8. The van der Waals surface area contributed by atoms with Gasteiger partial charge in [-0.3, -0.25) is 0 Å². The first kappa shape index (κ1) is 13.0. The number of anilines is 1. The molecule has 0 spiro atoms. The molecule has 1 atom stereocenters. The number of urea groups is 1. The van der Waals surface area contributed by atoms with Crippen LogP contribution >= 0.6 is 0 Å². The number of esters is 1. The first-order valence-corrected chi connectivity index (χ1v) is 5.05. The van der Waals surface area contributed by atoms with Gasteiger partial charge in [0.15, 0.2) is 6.10 Å². The lowest BCUT2D eigenvalue weighted by molar-refractivity contribution is -0.153. The van der Waals surface area contributed by atoms with Crippen molar-refractivity contribution in [2.45, 2.75) is 13.0 Å². The number of aliphatic hydroxyl groups excluding tert-OH is 1. The van der Waals surface area contributed by atoms with Crippen LogP contribution < -0.4 is 11.1 Å². The molecule has 0 aliphatic heterocycles. The molecule has 6 nitrogen and oxygen atoms in total. The fourth-order valence-corrected chi connectivity index (χ4v) is 1.25. The van der Waals surface area contributed by atoms with Crippen LogP contribution in [0.5, 0.6) is 0 Å². The highest BCUT2D eigenvalue weighted by Gasteiger charge is 2.18. The van der Waals surface area contributed by atoms with Gasteiger partial charge in [0, 0.05) is 5.69 Å². The van der Waals surface area contributed by atoms with Crippen LogP contribution in [-0.2, 0) is 9.53 Å². The van der Waals surface area contributed by atoms with Gasteiger partial charge in [-0.25, -0.2) is 9.59 Å². The van der Waals surface area contributed by atoms with Crippen molar-refractivity contribution < 1.29 is 19.4 Å². The van der Waals surface area contributed by atoms with Gasteiger partial charge in [-0.15, -0.1) is 0 Å². The molecule has 2 amide bonds. The molecular formula is C11H14N2O4. The van der Waals surface area contributed by atoms with E-state index in [2.05, 4.69) is 10.1 Å². The number of ether oxygens (including phenoxy) is 1. The molecule has 0 saturated heterocycles. The molecule has 0 radical (unpaired) electrons. The third kappa shape index (κ3) is 3.76. The van der Waals surface area contributed by atoms with Crippen molar-refractivity contribution in [1.82, 2.24) is 0 Å². The number of nitrogens with two attached hydrogens (primary N) is 1. The summed E-state index contributed by atoms with van der Waals surface area (Å²) in [5.41, 5.74) is 5.81. The van der Waals surface area contributed by atoms with Crippen molar-refractivity contribution >= 4 is 17.7 Å². The van der Waals surface area contributed by atoms with E-state index in [0.29, 0.717) is 11.3 Å². The van der Waals surface area contributed by atoms with Crippen LogP contribution in [0.2, 0.25) is 0 Å². The highest BCUT2D eigenvalue weighted by molar-refractivity contribution is 5.87. The number of primary amides is 1. The number of carbonyl (C=O) groups excluding carboxylic acids is 2. The lowest BCUT2D eigenvalue weighted by atomic mass is 10.1. The quantitative estimate of drug-likeness (QED) is 0.674. The Kier molecular flexibility index (Phi) is 4.47. The number of nitrogens with one attached hydrogen (secondary N) is 1. The Morgan fingerprint density at radius 3 is 2.47 bits per heavy atom. The molecule has 0 saturated carbocycles. The topological polar surface area (TPSA) is 102 Å². The molecule has 1 aromatic carbocycles. The third-order valence-electron chi connectivity index (χ3n) is 2.00. The molecular weight excluding hydrogens is 224 g/mol. The lowest BCUT2D eigenvalue weighted by Crippen LogP contribution is -2.19. The zero-order valence-corrected chi connectivity index (χ0v) is 9.34. The Morgan fingerprint density at radius 1 is 1.41 bits per heavy atom. The maximum absolute atomic E-state index is 11.2. The van der Waals surface area contributed by atoms with Gasteiger partial charge < -0.3 is 20.9 Å². The molecule has 0 aliphatic rings. The smallest absolute Gasteiger partial charge is 0.339 e. The number of amides is 2. The Balaban J connectivity index is 2.73. The molecule has 6 heteroatoms. The van der Waals surface area contributed by atoms with Crippen LogP contribution in [0.4, 0.5) is 10.5 Å². The zero-order valence-electron chi connectivity index (χ0n) is 9.34. The van der Waals surface area contributed by atoms with Crippen molar-refractivity contribution in [3.63, 3.8) is 0 Å². The van der Waals surface area contributed by atoms with E-state index in [1.807, 2.05) is 0 Å². The van der Waals surface area contributed by atoms with Crippen LogP contribution in [0, 0.1) is 0 Å². The lowest BCUT2D eigenvalue weighted by Gasteiger charge is -2.10. The molecule has 0 heterocycles. The Morgan fingerprint density at radius 2 is 2.00 bits per heavy atom. The summed E-state index contributed by atoms with van der Waals surface area (Å²) in [6.07, 6.45) is -1.32. The normalized spacial score (nSPS) is 11.6. The second-order valence-corrected chi connectivity index (χ2v) is 3.27. The molecule has 0 aromatic heterocycles. The molecule has 17 heavy (non-hydrogen) atoms. The Hall–Kier alpha value is -2.08. The van der Waals surface area contributed by atoms with Gasteiger partial charge in [-0.05, 0) is 24.6 Å². The predicted octanol–water partition coefficient (Wildman–Crippen LogP) is 0.774. The van der Waals surface area contributed by atoms with E-state index in [4.69, 9.17) is 5.73 Å². The highest BCUT2D eigenvalue weighted by atomic mass is 16.5. The molecule has 4 N–H and O–H groups in total. The maximum Gasteiger partial charge on any atom is 0.339 e. The molecule has 0 bridgehead atoms. The summed E-state index contributed by atoms with van der Waals surface area (Å²) in [5, 5.41) is 12.0. The summed E-state index contributed by atoms with van der Waals surface area (Å²) in [6, 6.07) is 5.40. The summed E-state index contributed by atoms with van der Waals surface area (Å²) >= 11 is 0. The average molecular weight is 238 g/mol. The number of rotatable bonds is 4. The van der Waals surface area contributed by atoms with E-state index in [-0.39, 0.29) is 6.61 Å². The van der Waals surface area contributed by atoms with Gasteiger partial charge in [0.05, 0.1) is 6.61 Å². The number of carbonyl (C=O) groups is 2. The molecule has 1 unspecified atom stereocenters.